The summed E-state index contributed by atoms with van der Waals surface area (Å²) < 4.78 is 23.9. The molecule has 0 spiro atoms. The van der Waals surface area contributed by atoms with E-state index in [2.05, 4.69) is 46.8 Å². The SMILES string of the molecule is COc1ccc(CCNc2nc(N3CCc4cc(OC)c(OC)cc4C3)c3ncn(NC(C)c4ccccc4)c3n2)cc1OC.Cl. The number of nitrogens with zero attached hydrogens (tertiary/aromatic N) is 5. The minimum atomic E-state index is 0. The number of hydrogen-bond donors (Lipinski definition) is 2. The number of rotatable bonds is 12. The molecule has 242 valence electrons. The molecule has 11 nitrogen and oxygen atoms in total. The highest BCUT2D eigenvalue weighted by molar-refractivity contribution is 5.86. The van der Waals surface area contributed by atoms with Crippen molar-refractivity contribution >= 4 is 35.3 Å². The Morgan fingerprint density at radius 2 is 1.52 bits per heavy atom. The molecule has 3 heterocycles. The predicted octanol–water partition coefficient (Wildman–Crippen LogP) is 5.80. The average molecular weight is 646 g/mol. The molecule has 12 heteroatoms. The topological polar surface area (TPSA) is 108 Å². The van der Waals surface area contributed by atoms with Gasteiger partial charge in [-0.2, -0.15) is 9.97 Å². The molecular weight excluding hydrogens is 606 g/mol. The summed E-state index contributed by atoms with van der Waals surface area (Å²) in [5, 5.41) is 3.46. The fourth-order valence-electron chi connectivity index (χ4n) is 5.72. The Bertz CT molecular complexity index is 1780. The summed E-state index contributed by atoms with van der Waals surface area (Å²) in [6.45, 7) is 4.19. The quantitative estimate of drug-likeness (QED) is 0.173. The number of halogens is 1. The first kappa shape index (κ1) is 32.5. The van der Waals surface area contributed by atoms with Gasteiger partial charge in [0.05, 0.1) is 34.5 Å². The first-order valence-electron chi connectivity index (χ1n) is 15.0. The lowest BCUT2D eigenvalue weighted by molar-refractivity contribution is 0.353. The van der Waals surface area contributed by atoms with Gasteiger partial charge in [0.25, 0.3) is 0 Å². The Morgan fingerprint density at radius 1 is 0.826 bits per heavy atom. The molecule has 46 heavy (non-hydrogen) atoms. The third-order valence-corrected chi connectivity index (χ3v) is 8.17. The van der Waals surface area contributed by atoms with Gasteiger partial charge in [-0.3, -0.25) is 0 Å². The van der Waals surface area contributed by atoms with Crippen molar-refractivity contribution in [3.05, 3.63) is 89.2 Å². The van der Waals surface area contributed by atoms with Gasteiger partial charge < -0.3 is 34.6 Å². The third kappa shape index (κ3) is 6.69. The van der Waals surface area contributed by atoms with Gasteiger partial charge in [0.2, 0.25) is 5.95 Å². The summed E-state index contributed by atoms with van der Waals surface area (Å²) in [5.41, 5.74) is 9.68. The molecule has 0 aliphatic carbocycles. The molecule has 1 aliphatic heterocycles. The van der Waals surface area contributed by atoms with Crippen molar-refractivity contribution < 1.29 is 18.9 Å². The van der Waals surface area contributed by atoms with Crippen LogP contribution in [0.3, 0.4) is 0 Å². The van der Waals surface area contributed by atoms with Crippen LogP contribution in [0.5, 0.6) is 23.0 Å². The highest BCUT2D eigenvalue weighted by atomic mass is 35.5. The van der Waals surface area contributed by atoms with E-state index in [4.69, 9.17) is 33.9 Å². The molecule has 1 atom stereocenters. The van der Waals surface area contributed by atoms with Gasteiger partial charge in [-0.1, -0.05) is 36.4 Å². The van der Waals surface area contributed by atoms with Gasteiger partial charge >= 0.3 is 0 Å². The van der Waals surface area contributed by atoms with Gasteiger partial charge in [-0.15, -0.1) is 12.4 Å². The number of imidazole rings is 1. The number of methoxy groups -OCH3 is 4. The summed E-state index contributed by atoms with van der Waals surface area (Å²) in [7, 11) is 6.61. The van der Waals surface area contributed by atoms with Crippen LogP contribution in [0.4, 0.5) is 11.8 Å². The van der Waals surface area contributed by atoms with E-state index in [-0.39, 0.29) is 18.4 Å². The monoisotopic (exact) mass is 645 g/mol. The van der Waals surface area contributed by atoms with E-state index in [0.717, 1.165) is 42.0 Å². The lowest BCUT2D eigenvalue weighted by Crippen LogP contribution is -2.31. The first-order valence-corrected chi connectivity index (χ1v) is 15.0. The minimum Gasteiger partial charge on any atom is -0.493 e. The van der Waals surface area contributed by atoms with Crippen LogP contribution >= 0.6 is 12.4 Å². The number of anilines is 2. The predicted molar refractivity (Wildman–Crippen MR) is 183 cm³/mol. The Kier molecular flexibility index (Phi) is 10.2. The molecule has 6 rings (SSSR count). The number of benzene rings is 3. The Hall–Kier alpha value is -4.90. The van der Waals surface area contributed by atoms with Crippen LogP contribution in [0, 0.1) is 0 Å². The van der Waals surface area contributed by atoms with Crippen LogP contribution in [0.25, 0.3) is 11.2 Å². The van der Waals surface area contributed by atoms with Crippen molar-refractivity contribution in [3.63, 3.8) is 0 Å². The molecule has 5 aromatic rings. The molecule has 3 aromatic carbocycles. The lowest BCUT2D eigenvalue weighted by atomic mass is 9.98. The maximum absolute atomic E-state index is 5.60. The minimum absolute atomic E-state index is 0. The average Bonchev–Trinajstić information content (AvgIpc) is 3.49. The van der Waals surface area contributed by atoms with Gasteiger partial charge in [-0.05, 0) is 66.3 Å². The second kappa shape index (κ2) is 14.5. The van der Waals surface area contributed by atoms with E-state index in [9.17, 15) is 0 Å². The zero-order valence-corrected chi connectivity index (χ0v) is 27.6. The Morgan fingerprint density at radius 3 is 2.24 bits per heavy atom. The Balaban J connectivity index is 0.00000417. The lowest BCUT2D eigenvalue weighted by Gasteiger charge is -2.30. The summed E-state index contributed by atoms with van der Waals surface area (Å²) in [4.78, 5) is 17.0. The van der Waals surface area contributed by atoms with Crippen molar-refractivity contribution in [3.8, 4) is 23.0 Å². The third-order valence-electron chi connectivity index (χ3n) is 8.17. The van der Waals surface area contributed by atoms with Crippen molar-refractivity contribution in [2.75, 3.05) is 57.2 Å². The molecule has 1 aliphatic rings. The molecule has 0 fully saturated rings. The van der Waals surface area contributed by atoms with Crippen LogP contribution in [0.1, 0.15) is 35.2 Å². The van der Waals surface area contributed by atoms with Crippen LogP contribution < -0.4 is 34.6 Å². The van der Waals surface area contributed by atoms with E-state index in [1.54, 1.807) is 34.8 Å². The number of aromatic nitrogens is 4. The van der Waals surface area contributed by atoms with Crippen LogP contribution in [-0.2, 0) is 19.4 Å². The first-order chi connectivity index (χ1) is 22.0. The molecule has 2 N–H and O–H groups in total. The van der Waals surface area contributed by atoms with Crippen LogP contribution in [0.15, 0.2) is 67.0 Å². The van der Waals surface area contributed by atoms with Crippen molar-refractivity contribution in [2.24, 2.45) is 0 Å². The smallest absolute Gasteiger partial charge is 0.226 e. The molecular formula is C34H40ClN7O4. The molecule has 0 saturated heterocycles. The molecule has 0 bridgehead atoms. The summed E-state index contributed by atoms with van der Waals surface area (Å²) in [5.74, 6) is 4.18. The second-order valence-electron chi connectivity index (χ2n) is 10.9. The zero-order chi connectivity index (χ0) is 31.3. The van der Waals surface area contributed by atoms with Gasteiger partial charge in [0, 0.05) is 19.6 Å². The summed E-state index contributed by atoms with van der Waals surface area (Å²) in [6, 6.07) is 20.4. The molecule has 1 unspecified atom stereocenters. The fraction of sp³-hybridized carbons (Fsp3) is 0.324. The molecule has 0 radical (unpaired) electrons. The van der Waals surface area contributed by atoms with Crippen molar-refractivity contribution in [1.82, 2.24) is 19.6 Å². The standard InChI is InChI=1S/C34H39N7O4.ClH/c1-22(24-9-7-6-8-10-24)39-41-21-36-31-32(40-16-14-25-18-29(44-4)30(45-5)19-26(25)20-40)37-34(38-33(31)41)35-15-13-23-11-12-27(42-2)28(17-23)43-3;/h6-12,17-19,21-22,39H,13-16,20H2,1-5H3,(H,35,37,38);1H. The number of hydrogen-bond acceptors (Lipinski definition) is 10. The van der Waals surface area contributed by atoms with Crippen LogP contribution in [0.2, 0.25) is 0 Å². The van der Waals surface area contributed by atoms with Gasteiger partial charge in [0.1, 0.15) is 6.33 Å². The van der Waals surface area contributed by atoms with Crippen molar-refractivity contribution in [2.45, 2.75) is 32.4 Å². The number of ether oxygens (including phenoxy) is 4. The normalized spacial score (nSPS) is 12.9. The molecule has 0 amide bonds. The number of fused-ring (bicyclic) bond motifs is 2. The Labute approximate surface area is 275 Å². The van der Waals surface area contributed by atoms with Crippen molar-refractivity contribution in [1.29, 1.82) is 0 Å². The maximum Gasteiger partial charge on any atom is 0.226 e. The van der Waals surface area contributed by atoms with E-state index >= 15 is 0 Å². The summed E-state index contributed by atoms with van der Waals surface area (Å²) >= 11 is 0. The number of nitrogens with one attached hydrogen (secondary N) is 2. The van der Waals surface area contributed by atoms with E-state index in [0.29, 0.717) is 41.9 Å². The molecule has 2 aromatic heterocycles. The highest BCUT2D eigenvalue weighted by Gasteiger charge is 2.25. The van der Waals surface area contributed by atoms with E-state index in [1.807, 2.05) is 41.1 Å². The fourth-order valence-corrected chi connectivity index (χ4v) is 5.72. The zero-order valence-electron chi connectivity index (χ0n) is 26.7. The summed E-state index contributed by atoms with van der Waals surface area (Å²) in [6.07, 6.45) is 3.37. The molecule has 0 saturated carbocycles. The highest BCUT2D eigenvalue weighted by Crippen LogP contribution is 2.36. The second-order valence-corrected chi connectivity index (χ2v) is 10.9. The van der Waals surface area contributed by atoms with Gasteiger partial charge in [0.15, 0.2) is 40.0 Å². The largest absolute Gasteiger partial charge is 0.493 e. The van der Waals surface area contributed by atoms with Gasteiger partial charge in [-0.25, -0.2) is 9.66 Å². The van der Waals surface area contributed by atoms with Crippen LogP contribution in [-0.4, -0.2) is 61.2 Å². The van der Waals surface area contributed by atoms with E-state index < -0.39 is 0 Å². The van der Waals surface area contributed by atoms with E-state index in [1.165, 1.54) is 16.7 Å². The maximum atomic E-state index is 5.60.